The molecule has 0 aromatic carbocycles. The van der Waals surface area contributed by atoms with E-state index in [1.165, 1.54) is 32.1 Å². The van der Waals surface area contributed by atoms with Crippen molar-refractivity contribution < 1.29 is 5.11 Å². The van der Waals surface area contributed by atoms with Gasteiger partial charge in [0.1, 0.15) is 0 Å². The minimum atomic E-state index is 0.364. The molecule has 1 heteroatoms. The van der Waals surface area contributed by atoms with Crippen LogP contribution in [0.4, 0.5) is 0 Å². The molecule has 2 bridgehead atoms. The molecule has 0 saturated heterocycles. The van der Waals surface area contributed by atoms with Crippen molar-refractivity contribution in [2.45, 2.75) is 38.5 Å². The molecule has 2 rings (SSSR count). The summed E-state index contributed by atoms with van der Waals surface area (Å²) in [6, 6.07) is 0. The Morgan fingerprint density at radius 1 is 1.42 bits per heavy atom. The zero-order chi connectivity index (χ0) is 8.44. The fraction of sp³-hybridized carbons (Fsp3) is 0.818. The number of hydrogen-bond acceptors (Lipinski definition) is 1. The maximum absolute atomic E-state index is 8.69. The van der Waals surface area contributed by atoms with Crippen LogP contribution in [0, 0.1) is 11.3 Å². The SMILES string of the molecule is OCCCCC12C=CC(CC1)C2. The molecule has 1 N–H and O–H groups in total. The fourth-order valence-electron chi connectivity index (χ4n) is 2.75. The Morgan fingerprint density at radius 2 is 2.33 bits per heavy atom. The maximum Gasteiger partial charge on any atom is 0.0431 e. The smallest absolute Gasteiger partial charge is 0.0431 e. The lowest BCUT2D eigenvalue weighted by atomic mass is 9.82. The summed E-state index contributed by atoms with van der Waals surface area (Å²) >= 11 is 0. The van der Waals surface area contributed by atoms with E-state index in [0.29, 0.717) is 12.0 Å². The van der Waals surface area contributed by atoms with E-state index in [1.807, 2.05) is 0 Å². The number of unbranched alkanes of at least 4 members (excludes halogenated alkanes) is 1. The van der Waals surface area contributed by atoms with Crippen LogP contribution in [-0.4, -0.2) is 11.7 Å². The lowest BCUT2D eigenvalue weighted by Gasteiger charge is -2.22. The Bertz CT molecular complexity index is 185. The molecule has 2 atom stereocenters. The zero-order valence-electron chi connectivity index (χ0n) is 7.63. The molecule has 0 radical (unpaired) electrons. The van der Waals surface area contributed by atoms with Gasteiger partial charge in [-0.15, -0.1) is 0 Å². The largest absolute Gasteiger partial charge is 0.396 e. The summed E-state index contributed by atoms with van der Waals surface area (Å²) in [6.07, 6.45) is 12.6. The molecule has 0 aromatic rings. The molecule has 0 spiro atoms. The molecule has 1 fully saturated rings. The Hall–Kier alpha value is -0.300. The van der Waals surface area contributed by atoms with Crippen LogP contribution in [0.15, 0.2) is 12.2 Å². The summed E-state index contributed by atoms with van der Waals surface area (Å²) in [5, 5.41) is 8.69. The molecule has 2 aliphatic rings. The van der Waals surface area contributed by atoms with E-state index in [4.69, 9.17) is 5.11 Å². The Kier molecular flexibility index (Phi) is 2.22. The number of rotatable bonds is 4. The van der Waals surface area contributed by atoms with Gasteiger partial charge in [-0.05, 0) is 43.4 Å². The van der Waals surface area contributed by atoms with Gasteiger partial charge >= 0.3 is 0 Å². The van der Waals surface area contributed by atoms with Crippen molar-refractivity contribution in [2.75, 3.05) is 6.61 Å². The number of aliphatic hydroxyl groups is 1. The van der Waals surface area contributed by atoms with E-state index in [-0.39, 0.29) is 0 Å². The van der Waals surface area contributed by atoms with Crippen LogP contribution in [0.1, 0.15) is 38.5 Å². The first kappa shape index (κ1) is 8.31. The maximum atomic E-state index is 8.69. The molecular formula is C11H18O. The molecular weight excluding hydrogens is 148 g/mol. The highest BCUT2D eigenvalue weighted by atomic mass is 16.2. The average Bonchev–Trinajstić information content (AvgIpc) is 2.64. The van der Waals surface area contributed by atoms with Crippen LogP contribution in [0.5, 0.6) is 0 Å². The summed E-state index contributed by atoms with van der Waals surface area (Å²) < 4.78 is 0. The van der Waals surface area contributed by atoms with Crippen LogP contribution < -0.4 is 0 Å². The zero-order valence-corrected chi connectivity index (χ0v) is 7.63. The average molecular weight is 166 g/mol. The fourth-order valence-corrected chi connectivity index (χ4v) is 2.75. The van der Waals surface area contributed by atoms with Crippen LogP contribution in [-0.2, 0) is 0 Å². The van der Waals surface area contributed by atoms with Gasteiger partial charge in [0.2, 0.25) is 0 Å². The van der Waals surface area contributed by atoms with Crippen molar-refractivity contribution in [1.29, 1.82) is 0 Å². The van der Waals surface area contributed by atoms with Gasteiger partial charge in [-0.1, -0.05) is 18.6 Å². The first-order valence-electron chi connectivity index (χ1n) is 5.15. The predicted molar refractivity (Wildman–Crippen MR) is 49.9 cm³/mol. The molecule has 1 nitrogen and oxygen atoms in total. The molecule has 0 aliphatic heterocycles. The minimum Gasteiger partial charge on any atom is -0.396 e. The summed E-state index contributed by atoms with van der Waals surface area (Å²) in [5.74, 6) is 0.902. The monoisotopic (exact) mass is 166 g/mol. The van der Waals surface area contributed by atoms with E-state index >= 15 is 0 Å². The summed E-state index contributed by atoms with van der Waals surface area (Å²) in [6.45, 7) is 0.364. The third kappa shape index (κ3) is 1.42. The van der Waals surface area contributed by atoms with Crippen molar-refractivity contribution in [3.63, 3.8) is 0 Å². The van der Waals surface area contributed by atoms with E-state index in [2.05, 4.69) is 12.2 Å². The quantitative estimate of drug-likeness (QED) is 0.502. The second-order valence-electron chi connectivity index (χ2n) is 4.41. The van der Waals surface area contributed by atoms with Crippen molar-refractivity contribution in [1.82, 2.24) is 0 Å². The van der Waals surface area contributed by atoms with Gasteiger partial charge in [0.15, 0.2) is 0 Å². The van der Waals surface area contributed by atoms with Crippen molar-refractivity contribution in [3.8, 4) is 0 Å². The lowest BCUT2D eigenvalue weighted by molar-refractivity contribution is 0.267. The van der Waals surface area contributed by atoms with Gasteiger partial charge < -0.3 is 5.11 Å². The number of allylic oxidation sites excluding steroid dienone is 2. The predicted octanol–water partition coefficient (Wildman–Crippen LogP) is 2.51. The molecule has 2 unspecified atom stereocenters. The van der Waals surface area contributed by atoms with Crippen molar-refractivity contribution in [2.24, 2.45) is 11.3 Å². The van der Waals surface area contributed by atoms with Crippen LogP contribution >= 0.6 is 0 Å². The van der Waals surface area contributed by atoms with E-state index in [1.54, 1.807) is 0 Å². The van der Waals surface area contributed by atoms with Crippen LogP contribution in [0.25, 0.3) is 0 Å². The Balaban J connectivity index is 1.83. The van der Waals surface area contributed by atoms with Crippen molar-refractivity contribution in [3.05, 3.63) is 12.2 Å². The molecule has 0 amide bonds. The van der Waals surface area contributed by atoms with E-state index < -0.39 is 0 Å². The highest BCUT2D eigenvalue weighted by molar-refractivity contribution is 5.15. The minimum absolute atomic E-state index is 0.364. The number of fused-ring (bicyclic) bond motifs is 2. The van der Waals surface area contributed by atoms with Gasteiger partial charge in [-0.3, -0.25) is 0 Å². The first-order valence-corrected chi connectivity index (χ1v) is 5.15. The number of aliphatic hydroxyl groups excluding tert-OH is 1. The van der Waals surface area contributed by atoms with Gasteiger partial charge in [0.05, 0.1) is 0 Å². The highest BCUT2D eigenvalue weighted by Gasteiger charge is 2.39. The summed E-state index contributed by atoms with van der Waals surface area (Å²) in [7, 11) is 0. The number of hydrogen-bond donors (Lipinski definition) is 1. The summed E-state index contributed by atoms with van der Waals surface area (Å²) in [4.78, 5) is 0. The first-order chi connectivity index (χ1) is 5.85. The Morgan fingerprint density at radius 3 is 2.83 bits per heavy atom. The van der Waals surface area contributed by atoms with Crippen molar-refractivity contribution >= 4 is 0 Å². The second-order valence-corrected chi connectivity index (χ2v) is 4.41. The summed E-state index contributed by atoms with van der Waals surface area (Å²) in [5.41, 5.74) is 0.569. The van der Waals surface area contributed by atoms with Gasteiger partial charge in [0, 0.05) is 6.61 Å². The second kappa shape index (κ2) is 3.21. The topological polar surface area (TPSA) is 20.2 Å². The molecule has 2 aliphatic carbocycles. The third-order valence-corrected chi connectivity index (χ3v) is 3.49. The normalized spacial score (nSPS) is 37.9. The standard InChI is InChI=1S/C11H18O/c12-8-2-1-5-11-6-3-10(9-11)4-7-11/h3,6,10,12H,1-2,4-5,7-9H2. The van der Waals surface area contributed by atoms with Gasteiger partial charge in [-0.2, -0.15) is 0 Å². The molecule has 0 aromatic heterocycles. The van der Waals surface area contributed by atoms with E-state index in [9.17, 15) is 0 Å². The van der Waals surface area contributed by atoms with Crippen LogP contribution in [0.3, 0.4) is 0 Å². The van der Waals surface area contributed by atoms with Gasteiger partial charge in [0.25, 0.3) is 0 Å². The van der Waals surface area contributed by atoms with Gasteiger partial charge in [-0.25, -0.2) is 0 Å². The molecule has 68 valence electrons. The van der Waals surface area contributed by atoms with E-state index in [0.717, 1.165) is 12.3 Å². The third-order valence-electron chi connectivity index (χ3n) is 3.49. The molecule has 1 saturated carbocycles. The highest BCUT2D eigenvalue weighted by Crippen LogP contribution is 2.51. The molecule has 0 heterocycles. The molecule has 12 heavy (non-hydrogen) atoms. The lowest BCUT2D eigenvalue weighted by Crippen LogP contribution is -2.11. The Labute approximate surface area is 74.5 Å². The van der Waals surface area contributed by atoms with Crippen LogP contribution in [0.2, 0.25) is 0 Å².